The Morgan fingerprint density at radius 3 is 1.94 bits per heavy atom. The van der Waals surface area contributed by atoms with Crippen LogP contribution in [0.15, 0.2) is 6.07 Å². The number of nitrogens with two attached hydrogens (primary N) is 1. The highest BCUT2D eigenvalue weighted by Gasteiger charge is 2.19. The summed E-state index contributed by atoms with van der Waals surface area (Å²) in [6, 6.07) is 1.39. The monoisotopic (exact) mass is 248 g/mol. The van der Waals surface area contributed by atoms with Gasteiger partial charge in [0.1, 0.15) is 6.04 Å². The minimum Gasteiger partial charge on any atom is -0.368 e. The Kier molecular flexibility index (Phi) is 4.11. The Morgan fingerprint density at radius 2 is 1.56 bits per heavy atom. The van der Waals surface area contributed by atoms with Crippen molar-refractivity contribution >= 4 is 11.8 Å². The Labute approximate surface area is 108 Å². The van der Waals surface area contributed by atoms with Crippen molar-refractivity contribution in [3.05, 3.63) is 33.9 Å². The van der Waals surface area contributed by atoms with E-state index in [1.807, 2.05) is 27.7 Å². The average molecular weight is 248 g/mol. The Morgan fingerprint density at radius 1 is 1.11 bits per heavy atom. The highest BCUT2D eigenvalue weighted by atomic mass is 16.2. The highest BCUT2D eigenvalue weighted by molar-refractivity contribution is 6.00. The molecule has 18 heavy (non-hydrogen) atoms. The zero-order valence-corrected chi connectivity index (χ0v) is 11.5. The molecule has 1 aromatic rings. The third-order valence-corrected chi connectivity index (χ3v) is 3.37. The molecule has 0 saturated carbocycles. The van der Waals surface area contributed by atoms with Gasteiger partial charge < -0.3 is 11.1 Å². The lowest BCUT2D eigenvalue weighted by Crippen LogP contribution is -2.42. The van der Waals surface area contributed by atoms with Gasteiger partial charge in [-0.25, -0.2) is 0 Å². The molecule has 1 aromatic carbocycles. The van der Waals surface area contributed by atoms with Crippen molar-refractivity contribution < 1.29 is 9.59 Å². The molecule has 0 aliphatic carbocycles. The summed E-state index contributed by atoms with van der Waals surface area (Å²) in [6.07, 6.45) is 0. The smallest absolute Gasteiger partial charge is 0.252 e. The Balaban J connectivity index is 3.17. The van der Waals surface area contributed by atoms with E-state index < -0.39 is 11.9 Å². The minimum absolute atomic E-state index is 0.247. The topological polar surface area (TPSA) is 72.2 Å². The molecule has 2 amide bonds. The van der Waals surface area contributed by atoms with Crippen molar-refractivity contribution in [2.45, 2.75) is 40.7 Å². The van der Waals surface area contributed by atoms with Crippen LogP contribution in [0.3, 0.4) is 0 Å². The lowest BCUT2D eigenvalue weighted by Gasteiger charge is -2.17. The van der Waals surface area contributed by atoms with Crippen LogP contribution in [-0.2, 0) is 4.79 Å². The van der Waals surface area contributed by atoms with Crippen LogP contribution >= 0.6 is 0 Å². The van der Waals surface area contributed by atoms with Gasteiger partial charge >= 0.3 is 0 Å². The molecular weight excluding hydrogens is 228 g/mol. The number of primary amides is 1. The standard InChI is InChI=1S/C14H20N2O2/c1-7-6-8(2)10(4)12(9(7)3)14(18)16-11(5)13(15)17/h6,11H,1-5H3,(H2,15,17)(H,16,18)/t11-/m0/s1. The van der Waals surface area contributed by atoms with Crippen LogP contribution in [0.1, 0.15) is 39.5 Å². The number of aryl methyl sites for hydroxylation is 2. The molecule has 4 heteroatoms. The molecule has 0 bridgehead atoms. The van der Waals surface area contributed by atoms with Crippen LogP contribution < -0.4 is 11.1 Å². The summed E-state index contributed by atoms with van der Waals surface area (Å²) < 4.78 is 0. The molecule has 0 radical (unpaired) electrons. The number of benzene rings is 1. The number of hydrogen-bond acceptors (Lipinski definition) is 2. The van der Waals surface area contributed by atoms with Crippen molar-refractivity contribution in [1.29, 1.82) is 0 Å². The Bertz CT molecular complexity index is 481. The number of amides is 2. The summed E-state index contributed by atoms with van der Waals surface area (Å²) in [5, 5.41) is 2.62. The van der Waals surface area contributed by atoms with Gasteiger partial charge in [0.15, 0.2) is 0 Å². The fourth-order valence-electron chi connectivity index (χ4n) is 1.90. The first-order chi connectivity index (χ1) is 8.25. The molecule has 0 aromatic heterocycles. The van der Waals surface area contributed by atoms with Gasteiger partial charge in [-0.2, -0.15) is 0 Å². The average Bonchev–Trinajstić information content (AvgIpc) is 2.26. The van der Waals surface area contributed by atoms with Gasteiger partial charge in [0.25, 0.3) is 5.91 Å². The van der Waals surface area contributed by atoms with Gasteiger partial charge in [0, 0.05) is 5.56 Å². The first-order valence-electron chi connectivity index (χ1n) is 5.93. The molecule has 0 saturated heterocycles. The summed E-state index contributed by atoms with van der Waals surface area (Å²) in [7, 11) is 0. The van der Waals surface area contributed by atoms with E-state index in [9.17, 15) is 9.59 Å². The lowest BCUT2D eigenvalue weighted by molar-refractivity contribution is -0.119. The molecule has 0 heterocycles. The van der Waals surface area contributed by atoms with E-state index in [0.29, 0.717) is 5.56 Å². The van der Waals surface area contributed by atoms with Crippen molar-refractivity contribution in [1.82, 2.24) is 5.32 Å². The van der Waals surface area contributed by atoms with E-state index in [4.69, 9.17) is 5.73 Å². The fourth-order valence-corrected chi connectivity index (χ4v) is 1.90. The van der Waals surface area contributed by atoms with E-state index in [2.05, 4.69) is 11.4 Å². The van der Waals surface area contributed by atoms with Gasteiger partial charge in [-0.15, -0.1) is 0 Å². The van der Waals surface area contributed by atoms with Crippen LogP contribution in [0.2, 0.25) is 0 Å². The normalized spacial score (nSPS) is 12.1. The lowest BCUT2D eigenvalue weighted by atomic mass is 9.93. The van der Waals surface area contributed by atoms with Gasteiger partial charge in [0.2, 0.25) is 5.91 Å². The van der Waals surface area contributed by atoms with Crippen LogP contribution in [0.25, 0.3) is 0 Å². The number of nitrogens with one attached hydrogen (secondary N) is 1. The zero-order valence-electron chi connectivity index (χ0n) is 11.5. The summed E-state index contributed by atoms with van der Waals surface area (Å²) >= 11 is 0. The van der Waals surface area contributed by atoms with Gasteiger partial charge in [-0.3, -0.25) is 9.59 Å². The number of rotatable bonds is 3. The van der Waals surface area contributed by atoms with Gasteiger partial charge in [-0.1, -0.05) is 6.07 Å². The maximum atomic E-state index is 12.2. The van der Waals surface area contributed by atoms with Crippen LogP contribution in [0.5, 0.6) is 0 Å². The molecule has 0 aliphatic heterocycles. The molecule has 0 aliphatic rings. The summed E-state index contributed by atoms with van der Waals surface area (Å²) in [4.78, 5) is 23.2. The summed E-state index contributed by atoms with van der Waals surface area (Å²) in [5.41, 5.74) is 9.79. The predicted octanol–water partition coefficient (Wildman–Crippen LogP) is 1.52. The minimum atomic E-state index is -0.669. The molecule has 0 unspecified atom stereocenters. The Hall–Kier alpha value is -1.84. The fraction of sp³-hybridized carbons (Fsp3) is 0.429. The first kappa shape index (κ1) is 14.2. The van der Waals surface area contributed by atoms with E-state index in [-0.39, 0.29) is 5.91 Å². The molecule has 98 valence electrons. The van der Waals surface area contributed by atoms with E-state index in [1.54, 1.807) is 6.92 Å². The van der Waals surface area contributed by atoms with Crippen molar-refractivity contribution in [2.75, 3.05) is 0 Å². The van der Waals surface area contributed by atoms with Gasteiger partial charge in [-0.05, 0) is 56.9 Å². The number of carbonyl (C=O) groups excluding carboxylic acids is 2. The van der Waals surface area contributed by atoms with Gasteiger partial charge in [0.05, 0.1) is 0 Å². The van der Waals surface area contributed by atoms with E-state index in [0.717, 1.165) is 22.3 Å². The highest BCUT2D eigenvalue weighted by Crippen LogP contribution is 2.21. The van der Waals surface area contributed by atoms with E-state index >= 15 is 0 Å². The second-order valence-corrected chi connectivity index (χ2v) is 4.73. The third kappa shape index (κ3) is 2.70. The quantitative estimate of drug-likeness (QED) is 0.851. The second-order valence-electron chi connectivity index (χ2n) is 4.73. The molecule has 3 N–H and O–H groups in total. The largest absolute Gasteiger partial charge is 0.368 e. The van der Waals surface area contributed by atoms with Crippen molar-refractivity contribution in [2.24, 2.45) is 5.73 Å². The molecular formula is C14H20N2O2. The SMILES string of the molecule is Cc1cc(C)c(C)c(C(=O)N[C@@H](C)C(N)=O)c1C. The van der Waals surface area contributed by atoms with Crippen LogP contribution in [0.4, 0.5) is 0 Å². The summed E-state index contributed by atoms with van der Waals surface area (Å²) in [5.74, 6) is -0.786. The third-order valence-electron chi connectivity index (χ3n) is 3.37. The molecule has 4 nitrogen and oxygen atoms in total. The molecule has 0 spiro atoms. The molecule has 1 atom stereocenters. The van der Waals surface area contributed by atoms with Crippen LogP contribution in [0, 0.1) is 27.7 Å². The number of hydrogen-bond donors (Lipinski definition) is 2. The second kappa shape index (κ2) is 5.21. The molecule has 1 rings (SSSR count). The first-order valence-corrected chi connectivity index (χ1v) is 5.93. The zero-order chi connectivity index (χ0) is 14.0. The number of carbonyl (C=O) groups is 2. The predicted molar refractivity (Wildman–Crippen MR) is 71.5 cm³/mol. The van der Waals surface area contributed by atoms with Crippen molar-refractivity contribution in [3.8, 4) is 0 Å². The molecule has 0 fully saturated rings. The van der Waals surface area contributed by atoms with Crippen molar-refractivity contribution in [3.63, 3.8) is 0 Å². The maximum absolute atomic E-state index is 12.2. The maximum Gasteiger partial charge on any atom is 0.252 e. The van der Waals surface area contributed by atoms with Crippen LogP contribution in [-0.4, -0.2) is 17.9 Å². The summed E-state index contributed by atoms with van der Waals surface area (Å²) in [6.45, 7) is 9.33. The van der Waals surface area contributed by atoms with E-state index in [1.165, 1.54) is 0 Å².